The Kier molecular flexibility index (Phi) is 4.58. The minimum atomic E-state index is -0.0872. The van der Waals surface area contributed by atoms with E-state index < -0.39 is 0 Å². The average molecular weight is 336 g/mol. The van der Waals surface area contributed by atoms with Crippen molar-refractivity contribution in [3.8, 4) is 0 Å². The van der Waals surface area contributed by atoms with E-state index >= 15 is 0 Å². The van der Waals surface area contributed by atoms with Gasteiger partial charge in [0.2, 0.25) is 0 Å². The van der Waals surface area contributed by atoms with Crippen molar-refractivity contribution < 1.29 is 0 Å². The molecule has 0 fully saturated rings. The maximum absolute atomic E-state index is 2.39. The average Bonchev–Trinajstić information content (AvgIpc) is 3.18. The zero-order valence-corrected chi connectivity index (χ0v) is 15.2. The van der Waals surface area contributed by atoms with Crippen LogP contribution in [0.15, 0.2) is 115 Å². The van der Waals surface area contributed by atoms with Crippen LogP contribution in [0.4, 0.5) is 0 Å². The monoisotopic (exact) mass is 336 g/mol. The molecule has 0 radical (unpaired) electrons. The summed E-state index contributed by atoms with van der Waals surface area (Å²) in [6, 6.07) is 32.6. The van der Waals surface area contributed by atoms with Crippen molar-refractivity contribution >= 4 is 0 Å². The first-order valence-corrected chi connectivity index (χ1v) is 9.31. The molecule has 26 heavy (non-hydrogen) atoms. The summed E-state index contributed by atoms with van der Waals surface area (Å²) in [6.45, 7) is 2.39. The first kappa shape index (κ1) is 16.6. The second-order valence-electron chi connectivity index (χ2n) is 7.20. The number of benzene rings is 3. The first-order chi connectivity index (χ1) is 12.8. The van der Waals surface area contributed by atoms with Gasteiger partial charge in [-0.1, -0.05) is 122 Å². The van der Waals surface area contributed by atoms with E-state index in [4.69, 9.17) is 0 Å². The summed E-state index contributed by atoms with van der Waals surface area (Å²) in [5.74, 6) is 0.354. The predicted molar refractivity (Wildman–Crippen MR) is 110 cm³/mol. The van der Waals surface area contributed by atoms with Crippen molar-refractivity contribution in [3.63, 3.8) is 0 Å². The van der Waals surface area contributed by atoms with Crippen LogP contribution >= 0.6 is 0 Å². The normalized spacial score (nSPS) is 16.5. The van der Waals surface area contributed by atoms with Gasteiger partial charge in [-0.25, -0.2) is 0 Å². The lowest BCUT2D eigenvalue weighted by molar-refractivity contribution is 0.463. The summed E-state index contributed by atoms with van der Waals surface area (Å²) in [4.78, 5) is 0. The third-order valence-electron chi connectivity index (χ3n) is 5.63. The van der Waals surface area contributed by atoms with E-state index in [1.54, 1.807) is 0 Å². The Morgan fingerprint density at radius 1 is 0.692 bits per heavy atom. The first-order valence-electron chi connectivity index (χ1n) is 9.31. The van der Waals surface area contributed by atoms with Crippen LogP contribution in [0.5, 0.6) is 0 Å². The Balaban J connectivity index is 1.77. The molecular weight excluding hydrogens is 312 g/mol. The van der Waals surface area contributed by atoms with Gasteiger partial charge in [-0.05, 0) is 23.1 Å². The zero-order chi connectivity index (χ0) is 17.8. The van der Waals surface area contributed by atoms with Crippen LogP contribution in [0.1, 0.15) is 23.6 Å². The molecule has 0 N–H and O–H groups in total. The van der Waals surface area contributed by atoms with Gasteiger partial charge in [0.15, 0.2) is 0 Å². The zero-order valence-electron chi connectivity index (χ0n) is 15.2. The predicted octanol–water partition coefficient (Wildman–Crippen LogP) is 6.35. The molecule has 128 valence electrons. The summed E-state index contributed by atoms with van der Waals surface area (Å²) in [5.41, 5.74) is 5.49. The lowest BCUT2D eigenvalue weighted by Gasteiger charge is -2.38. The van der Waals surface area contributed by atoms with Crippen LogP contribution in [0.2, 0.25) is 0 Å². The molecule has 3 aromatic rings. The molecule has 4 rings (SSSR count). The highest BCUT2D eigenvalue weighted by Gasteiger charge is 2.39. The Hall–Kier alpha value is -2.86. The lowest BCUT2D eigenvalue weighted by atomic mass is 9.65. The van der Waals surface area contributed by atoms with Crippen molar-refractivity contribution in [2.24, 2.45) is 5.92 Å². The van der Waals surface area contributed by atoms with Gasteiger partial charge >= 0.3 is 0 Å². The molecule has 1 unspecified atom stereocenters. The molecule has 1 aliphatic carbocycles. The maximum atomic E-state index is 2.39. The van der Waals surface area contributed by atoms with Crippen LogP contribution in [-0.2, 0) is 11.8 Å². The smallest absolute Gasteiger partial charge is 0.0274 e. The standard InChI is InChI=1S/C26H24/c1-26(23-15-7-3-8-16-23,24-17-9-4-10-18-24)25-19-11-14-22(25)20-21-12-5-2-6-13-21/h2-19,25H,20H2,1H3. The number of rotatable bonds is 5. The van der Waals surface area contributed by atoms with Crippen LogP contribution in [0.3, 0.4) is 0 Å². The van der Waals surface area contributed by atoms with E-state index in [1.165, 1.54) is 22.3 Å². The fraction of sp³-hybridized carbons (Fsp3) is 0.154. The summed E-state index contributed by atoms with van der Waals surface area (Å²) in [6.07, 6.45) is 7.90. The van der Waals surface area contributed by atoms with Crippen LogP contribution in [-0.4, -0.2) is 0 Å². The molecule has 0 amide bonds. The molecule has 0 heterocycles. The number of hydrogen-bond acceptors (Lipinski definition) is 0. The minimum Gasteiger partial charge on any atom is -0.0761 e. The van der Waals surface area contributed by atoms with E-state index in [0.29, 0.717) is 5.92 Å². The Morgan fingerprint density at radius 3 is 1.73 bits per heavy atom. The molecule has 1 atom stereocenters. The van der Waals surface area contributed by atoms with E-state index in [9.17, 15) is 0 Å². The SMILES string of the molecule is CC(c1ccccc1)(c1ccccc1)C1C=CC=C1Cc1ccccc1. The van der Waals surface area contributed by atoms with Crippen molar-refractivity contribution in [1.82, 2.24) is 0 Å². The highest BCUT2D eigenvalue weighted by molar-refractivity contribution is 5.47. The molecule has 3 aromatic carbocycles. The van der Waals surface area contributed by atoms with Gasteiger partial charge in [0.1, 0.15) is 0 Å². The molecule has 0 aromatic heterocycles. The molecule has 0 saturated carbocycles. The fourth-order valence-electron chi connectivity index (χ4n) is 4.18. The van der Waals surface area contributed by atoms with Gasteiger partial charge < -0.3 is 0 Å². The van der Waals surface area contributed by atoms with Gasteiger partial charge in [-0.2, -0.15) is 0 Å². The maximum Gasteiger partial charge on any atom is 0.0274 e. The third-order valence-corrected chi connectivity index (χ3v) is 5.63. The molecule has 0 spiro atoms. The molecule has 0 aliphatic heterocycles. The van der Waals surface area contributed by atoms with Crippen molar-refractivity contribution in [3.05, 3.63) is 131 Å². The Bertz CT molecular complexity index is 863. The molecule has 0 bridgehead atoms. The van der Waals surface area contributed by atoms with Gasteiger partial charge in [0.25, 0.3) is 0 Å². The van der Waals surface area contributed by atoms with Crippen LogP contribution < -0.4 is 0 Å². The topological polar surface area (TPSA) is 0 Å². The van der Waals surface area contributed by atoms with Crippen LogP contribution in [0, 0.1) is 5.92 Å². The van der Waals surface area contributed by atoms with Gasteiger partial charge in [-0.15, -0.1) is 0 Å². The van der Waals surface area contributed by atoms with E-state index in [0.717, 1.165) is 6.42 Å². The molecule has 0 saturated heterocycles. The summed E-state index contributed by atoms with van der Waals surface area (Å²) in [5, 5.41) is 0. The lowest BCUT2D eigenvalue weighted by Crippen LogP contribution is -2.33. The van der Waals surface area contributed by atoms with Crippen molar-refractivity contribution in [2.45, 2.75) is 18.8 Å². The molecule has 0 heteroatoms. The van der Waals surface area contributed by atoms with Crippen LogP contribution in [0.25, 0.3) is 0 Å². The second-order valence-corrected chi connectivity index (χ2v) is 7.20. The number of hydrogen-bond donors (Lipinski definition) is 0. The molecule has 1 aliphatic rings. The van der Waals surface area contributed by atoms with E-state index in [2.05, 4.69) is 116 Å². The van der Waals surface area contributed by atoms with E-state index in [1.807, 2.05) is 0 Å². The van der Waals surface area contributed by atoms with Crippen molar-refractivity contribution in [1.29, 1.82) is 0 Å². The van der Waals surface area contributed by atoms with Gasteiger partial charge in [0.05, 0.1) is 0 Å². The fourth-order valence-corrected chi connectivity index (χ4v) is 4.18. The summed E-state index contributed by atoms with van der Waals surface area (Å²) in [7, 11) is 0. The van der Waals surface area contributed by atoms with E-state index in [-0.39, 0.29) is 5.41 Å². The largest absolute Gasteiger partial charge is 0.0761 e. The number of allylic oxidation sites excluding steroid dienone is 4. The summed E-state index contributed by atoms with van der Waals surface area (Å²) < 4.78 is 0. The molecule has 0 nitrogen and oxygen atoms in total. The Labute approximate surface area is 156 Å². The third kappa shape index (κ3) is 3.04. The minimum absolute atomic E-state index is 0.0872. The van der Waals surface area contributed by atoms with Gasteiger partial charge in [0, 0.05) is 11.3 Å². The quantitative estimate of drug-likeness (QED) is 0.509. The van der Waals surface area contributed by atoms with Crippen molar-refractivity contribution in [2.75, 3.05) is 0 Å². The highest BCUT2D eigenvalue weighted by atomic mass is 14.4. The van der Waals surface area contributed by atoms with Gasteiger partial charge in [-0.3, -0.25) is 0 Å². The highest BCUT2D eigenvalue weighted by Crippen LogP contribution is 2.45. The molecular formula is C26H24. The second kappa shape index (κ2) is 7.17. The summed E-state index contributed by atoms with van der Waals surface area (Å²) >= 11 is 0. The Morgan fingerprint density at radius 2 is 1.19 bits per heavy atom.